The topological polar surface area (TPSA) is 89.3 Å². The first-order valence-electron chi connectivity index (χ1n) is 11.7. The third-order valence-corrected chi connectivity index (χ3v) is 6.82. The number of nitrogens with one attached hydrogen (secondary N) is 1. The number of rotatable bonds is 8. The highest BCUT2D eigenvalue weighted by Gasteiger charge is 2.27. The second-order valence-corrected chi connectivity index (χ2v) is 8.81. The van der Waals surface area contributed by atoms with Crippen molar-refractivity contribution < 1.29 is 14.3 Å². The number of carbonyl (C=O) groups is 2. The van der Waals surface area contributed by atoms with Crippen molar-refractivity contribution in [1.82, 2.24) is 25.0 Å². The molecule has 1 N–H and O–H groups in total. The number of nitrogens with zero attached hydrogens (tertiary/aromatic N) is 4. The van der Waals surface area contributed by atoms with E-state index in [0.717, 1.165) is 66.6 Å². The number of piperidine rings is 1. The number of pyridine rings is 1. The number of fused-ring (bicyclic) bond motifs is 1. The number of aromatic nitrogens is 3. The maximum absolute atomic E-state index is 12.7. The Kier molecular flexibility index (Phi) is 7.74. The average Bonchev–Trinajstić information content (AvgIpc) is 3.10. The Labute approximate surface area is 190 Å². The lowest BCUT2D eigenvalue weighted by Crippen LogP contribution is -2.48. The van der Waals surface area contributed by atoms with Crippen molar-refractivity contribution in [3.05, 3.63) is 16.8 Å². The number of amides is 2. The predicted octanol–water partition coefficient (Wildman–Crippen LogP) is 3.07. The lowest BCUT2D eigenvalue weighted by molar-refractivity contribution is -0.137. The van der Waals surface area contributed by atoms with Crippen LogP contribution >= 0.6 is 0 Å². The van der Waals surface area contributed by atoms with Crippen LogP contribution in [0.4, 0.5) is 0 Å². The van der Waals surface area contributed by atoms with Crippen molar-refractivity contribution in [2.45, 2.75) is 72.3 Å². The van der Waals surface area contributed by atoms with Crippen molar-refractivity contribution >= 4 is 22.8 Å². The highest BCUT2D eigenvalue weighted by Crippen LogP contribution is 2.30. The summed E-state index contributed by atoms with van der Waals surface area (Å²) in [6.07, 6.45) is 4.43. The van der Waals surface area contributed by atoms with Gasteiger partial charge in [0.25, 0.3) is 0 Å². The van der Waals surface area contributed by atoms with Crippen molar-refractivity contribution in [2.75, 3.05) is 20.2 Å². The molecule has 3 heterocycles. The molecule has 2 aromatic heterocycles. The molecule has 1 aliphatic rings. The molecule has 0 atom stereocenters. The zero-order valence-corrected chi connectivity index (χ0v) is 20.3. The number of hydrogen-bond acceptors (Lipinski definition) is 5. The van der Waals surface area contributed by atoms with Crippen LogP contribution in [0.3, 0.4) is 0 Å². The number of ether oxygens (including phenoxy) is 1. The van der Waals surface area contributed by atoms with Crippen LogP contribution in [-0.4, -0.2) is 57.7 Å². The van der Waals surface area contributed by atoms with Crippen LogP contribution in [0.15, 0.2) is 0 Å². The van der Waals surface area contributed by atoms with Crippen LogP contribution in [0.1, 0.15) is 62.8 Å². The van der Waals surface area contributed by atoms with E-state index in [-0.39, 0.29) is 23.8 Å². The van der Waals surface area contributed by atoms with Gasteiger partial charge < -0.3 is 15.0 Å². The third kappa shape index (κ3) is 4.89. The number of carbonyl (C=O) groups excluding carboxylic acids is 2. The Morgan fingerprint density at radius 3 is 2.44 bits per heavy atom. The Bertz CT molecular complexity index is 972. The molecule has 1 aliphatic heterocycles. The second kappa shape index (κ2) is 10.3. The van der Waals surface area contributed by atoms with Gasteiger partial charge >= 0.3 is 0 Å². The van der Waals surface area contributed by atoms with Crippen LogP contribution in [0.25, 0.3) is 11.0 Å². The predicted molar refractivity (Wildman–Crippen MR) is 125 cm³/mol. The van der Waals surface area contributed by atoms with Crippen LogP contribution in [-0.2, 0) is 23.1 Å². The van der Waals surface area contributed by atoms with Gasteiger partial charge in [-0.3, -0.25) is 9.59 Å². The van der Waals surface area contributed by atoms with E-state index in [9.17, 15) is 9.59 Å². The summed E-state index contributed by atoms with van der Waals surface area (Å²) >= 11 is 0. The molecule has 2 amide bonds. The molecule has 0 bridgehead atoms. The van der Waals surface area contributed by atoms with E-state index in [1.807, 2.05) is 25.8 Å². The van der Waals surface area contributed by atoms with E-state index in [1.165, 1.54) is 0 Å². The van der Waals surface area contributed by atoms with Crippen molar-refractivity contribution in [3.63, 3.8) is 0 Å². The van der Waals surface area contributed by atoms with Gasteiger partial charge in [0.15, 0.2) is 5.65 Å². The minimum absolute atomic E-state index is 0.0480. The number of methoxy groups -OCH3 is 1. The van der Waals surface area contributed by atoms with Crippen LogP contribution in [0, 0.1) is 19.8 Å². The summed E-state index contributed by atoms with van der Waals surface area (Å²) < 4.78 is 7.15. The Balaban J connectivity index is 1.57. The molecule has 0 radical (unpaired) electrons. The maximum Gasteiger partial charge on any atom is 0.242 e. The summed E-state index contributed by atoms with van der Waals surface area (Å²) in [6.45, 7) is 9.60. The molecule has 176 valence electrons. The molecule has 0 unspecified atom stereocenters. The monoisotopic (exact) mass is 443 g/mol. The Morgan fingerprint density at radius 2 is 1.84 bits per heavy atom. The van der Waals surface area contributed by atoms with Gasteiger partial charge in [0.1, 0.15) is 0 Å². The quantitative estimate of drug-likeness (QED) is 0.677. The minimum atomic E-state index is 0.0480. The van der Waals surface area contributed by atoms with Gasteiger partial charge in [-0.15, -0.1) is 5.10 Å². The molecule has 0 spiro atoms. The fourth-order valence-electron chi connectivity index (χ4n) is 4.79. The highest BCUT2D eigenvalue weighted by molar-refractivity contribution is 5.86. The standard InChI is InChI=1S/C24H37N5O3/c1-7-17(8-2)24(31)29-13-11-18(12-14-29)26-20(30)10-9-19-15(3)21-22(25-16(19)4)28(5)27-23(21)32-6/h17-18H,7-14H2,1-6H3,(H,26,30). The first-order chi connectivity index (χ1) is 15.3. The second-order valence-electron chi connectivity index (χ2n) is 8.81. The van der Waals surface area contributed by atoms with Crippen LogP contribution < -0.4 is 10.1 Å². The number of likely N-dealkylation sites (tertiary alicyclic amines) is 1. The van der Waals surface area contributed by atoms with Gasteiger partial charge in [0, 0.05) is 44.2 Å². The van der Waals surface area contributed by atoms with Gasteiger partial charge in [-0.25, -0.2) is 9.67 Å². The van der Waals surface area contributed by atoms with Crippen molar-refractivity contribution in [2.24, 2.45) is 13.0 Å². The summed E-state index contributed by atoms with van der Waals surface area (Å²) in [5.41, 5.74) is 3.85. The summed E-state index contributed by atoms with van der Waals surface area (Å²) in [7, 11) is 3.46. The largest absolute Gasteiger partial charge is 0.479 e. The molecular weight excluding hydrogens is 406 g/mol. The van der Waals surface area contributed by atoms with E-state index < -0.39 is 0 Å². The summed E-state index contributed by atoms with van der Waals surface area (Å²) in [6, 6.07) is 0.134. The molecule has 0 saturated carbocycles. The Hall–Kier alpha value is -2.64. The molecule has 2 aromatic rings. The molecular formula is C24H37N5O3. The van der Waals surface area contributed by atoms with Crippen molar-refractivity contribution in [3.8, 4) is 5.88 Å². The highest BCUT2D eigenvalue weighted by atomic mass is 16.5. The first kappa shape index (κ1) is 24.0. The van der Waals surface area contributed by atoms with E-state index in [0.29, 0.717) is 18.7 Å². The van der Waals surface area contributed by atoms with Crippen LogP contribution in [0.2, 0.25) is 0 Å². The number of hydrogen-bond donors (Lipinski definition) is 1. The fourth-order valence-corrected chi connectivity index (χ4v) is 4.79. The van der Waals surface area contributed by atoms with E-state index in [2.05, 4.69) is 24.3 Å². The van der Waals surface area contributed by atoms with Crippen molar-refractivity contribution in [1.29, 1.82) is 0 Å². The van der Waals surface area contributed by atoms with E-state index >= 15 is 0 Å². The molecule has 1 saturated heterocycles. The SMILES string of the molecule is CCC(CC)C(=O)N1CCC(NC(=O)CCc2c(C)nc3c(c(OC)nn3C)c2C)CC1. The van der Waals surface area contributed by atoms with E-state index in [4.69, 9.17) is 9.72 Å². The summed E-state index contributed by atoms with van der Waals surface area (Å²) in [4.78, 5) is 31.9. The molecule has 8 nitrogen and oxygen atoms in total. The average molecular weight is 444 g/mol. The minimum Gasteiger partial charge on any atom is -0.479 e. The molecule has 3 rings (SSSR count). The Morgan fingerprint density at radius 1 is 1.19 bits per heavy atom. The van der Waals surface area contributed by atoms with E-state index in [1.54, 1.807) is 11.8 Å². The van der Waals surface area contributed by atoms with Crippen LogP contribution in [0.5, 0.6) is 5.88 Å². The van der Waals surface area contributed by atoms with Gasteiger partial charge in [-0.1, -0.05) is 13.8 Å². The lowest BCUT2D eigenvalue weighted by Gasteiger charge is -2.34. The molecule has 8 heteroatoms. The zero-order chi connectivity index (χ0) is 23.4. The molecule has 0 aromatic carbocycles. The van der Waals surface area contributed by atoms with Gasteiger partial charge in [0.2, 0.25) is 17.7 Å². The summed E-state index contributed by atoms with van der Waals surface area (Å²) in [5, 5.41) is 8.47. The third-order valence-electron chi connectivity index (χ3n) is 6.82. The van der Waals surface area contributed by atoms with Gasteiger partial charge in [-0.05, 0) is 57.1 Å². The molecule has 0 aliphatic carbocycles. The normalized spacial score (nSPS) is 14.9. The summed E-state index contributed by atoms with van der Waals surface area (Å²) in [5.74, 6) is 0.996. The zero-order valence-electron chi connectivity index (χ0n) is 20.3. The van der Waals surface area contributed by atoms with Gasteiger partial charge in [-0.2, -0.15) is 0 Å². The molecule has 32 heavy (non-hydrogen) atoms. The molecule has 1 fully saturated rings. The first-order valence-corrected chi connectivity index (χ1v) is 11.7. The lowest BCUT2D eigenvalue weighted by atomic mass is 9.98. The number of aryl methyl sites for hydroxylation is 3. The maximum atomic E-state index is 12.7. The van der Waals surface area contributed by atoms with Gasteiger partial charge in [0.05, 0.1) is 12.5 Å². The smallest absolute Gasteiger partial charge is 0.242 e. The fraction of sp³-hybridized carbons (Fsp3) is 0.667.